The molecule has 3 fully saturated rings. The van der Waals surface area contributed by atoms with Gasteiger partial charge in [0.15, 0.2) is 18.9 Å². The zero-order chi connectivity index (χ0) is 58.3. The Morgan fingerprint density at radius 1 is 0.463 bits per heavy atom. The van der Waals surface area contributed by atoms with Crippen LogP contribution in [-0.4, -0.2) is 193 Å². The number of aliphatic hydroxyl groups excluding tert-OH is 11. The van der Waals surface area contributed by atoms with E-state index in [4.69, 9.17) is 28.4 Å². The van der Waals surface area contributed by atoms with Crippen LogP contribution < -0.4 is 5.32 Å². The van der Waals surface area contributed by atoms with Gasteiger partial charge in [-0.05, 0) is 77.0 Å². The van der Waals surface area contributed by atoms with Crippen LogP contribution in [0.25, 0.3) is 0 Å². The van der Waals surface area contributed by atoms with Crippen LogP contribution in [0.5, 0.6) is 0 Å². The second-order valence-corrected chi connectivity index (χ2v) is 20.7. The fourth-order valence-electron chi connectivity index (χ4n) is 9.29. The third-order valence-corrected chi connectivity index (χ3v) is 14.1. The van der Waals surface area contributed by atoms with Crippen LogP contribution in [0.1, 0.15) is 149 Å². The lowest BCUT2D eigenvalue weighted by atomic mass is 9.96. The molecule has 0 aliphatic carbocycles. The summed E-state index contributed by atoms with van der Waals surface area (Å²) in [4.78, 5) is 13.3. The summed E-state index contributed by atoms with van der Waals surface area (Å²) in [7, 11) is 0. The molecule has 12 N–H and O–H groups in total. The van der Waals surface area contributed by atoms with Crippen LogP contribution in [0.3, 0.4) is 0 Å². The fraction of sp³-hybridized carbons (Fsp3) is 0.721. The number of carbonyl (C=O) groups excluding carboxylic acids is 1. The molecule has 3 aliphatic rings. The van der Waals surface area contributed by atoms with Crippen molar-refractivity contribution >= 4 is 5.91 Å². The molecular formula is C61H101NO18. The lowest BCUT2D eigenvalue weighted by molar-refractivity contribution is -0.379. The first kappa shape index (κ1) is 71.0. The molecule has 1 amide bonds. The SMILES string of the molecule is CC/C=C\C/C=C\C/C=C\C/C=C\C/C=C\C/C=C\C/C=C\CCCCCCCC(=O)NC(COC1OC(CO)C(OC2OC(CO)C(OC3OC(CO)C(O)C(O)C3O)C(O)C2O)C(O)C1O)C(O)/C=C/CCCCCCCC. The van der Waals surface area contributed by atoms with Crippen LogP contribution in [0.2, 0.25) is 0 Å². The van der Waals surface area contributed by atoms with Gasteiger partial charge in [0.2, 0.25) is 5.91 Å². The predicted molar refractivity (Wildman–Crippen MR) is 304 cm³/mol. The number of amides is 1. The molecular weight excluding hydrogens is 1030 g/mol. The predicted octanol–water partition coefficient (Wildman–Crippen LogP) is 4.98. The van der Waals surface area contributed by atoms with Gasteiger partial charge in [-0.3, -0.25) is 4.79 Å². The number of carbonyl (C=O) groups is 1. The number of aliphatic hydroxyl groups is 11. The van der Waals surface area contributed by atoms with E-state index in [0.717, 1.165) is 109 Å². The van der Waals surface area contributed by atoms with Crippen molar-refractivity contribution in [2.24, 2.45) is 0 Å². The second-order valence-electron chi connectivity index (χ2n) is 20.7. The molecule has 80 heavy (non-hydrogen) atoms. The summed E-state index contributed by atoms with van der Waals surface area (Å²) < 4.78 is 34.1. The molecule has 3 heterocycles. The van der Waals surface area contributed by atoms with Gasteiger partial charge in [0, 0.05) is 6.42 Å². The lowest BCUT2D eigenvalue weighted by Gasteiger charge is -2.48. The van der Waals surface area contributed by atoms with Gasteiger partial charge < -0.3 is 89.9 Å². The number of unbranched alkanes of at least 4 members (excludes halogenated alkanes) is 11. The van der Waals surface area contributed by atoms with Gasteiger partial charge in [-0.25, -0.2) is 0 Å². The maximum absolute atomic E-state index is 13.3. The molecule has 19 nitrogen and oxygen atoms in total. The molecule has 0 aromatic carbocycles. The van der Waals surface area contributed by atoms with Crippen molar-refractivity contribution in [2.45, 2.75) is 253 Å². The molecule has 19 heteroatoms. The zero-order valence-electron chi connectivity index (χ0n) is 47.5. The Balaban J connectivity index is 1.43. The largest absolute Gasteiger partial charge is 0.394 e. The number of rotatable bonds is 41. The highest BCUT2D eigenvalue weighted by atomic mass is 16.8. The Morgan fingerprint density at radius 3 is 1.35 bits per heavy atom. The van der Waals surface area contributed by atoms with Gasteiger partial charge in [0.1, 0.15) is 73.2 Å². The van der Waals surface area contributed by atoms with Crippen molar-refractivity contribution in [3.05, 3.63) is 97.2 Å². The summed E-state index contributed by atoms with van der Waals surface area (Å²) in [6.45, 7) is 1.50. The van der Waals surface area contributed by atoms with Crippen molar-refractivity contribution < 1.29 is 89.4 Å². The van der Waals surface area contributed by atoms with E-state index in [1.54, 1.807) is 6.08 Å². The van der Waals surface area contributed by atoms with Crippen molar-refractivity contribution in [3.8, 4) is 0 Å². The molecule has 3 aliphatic heterocycles. The van der Waals surface area contributed by atoms with Crippen molar-refractivity contribution in [2.75, 3.05) is 26.4 Å². The van der Waals surface area contributed by atoms with Gasteiger partial charge >= 0.3 is 0 Å². The molecule has 3 rings (SSSR count). The van der Waals surface area contributed by atoms with E-state index in [9.17, 15) is 61.0 Å². The minimum atomic E-state index is -1.98. The number of allylic oxidation sites excluding steroid dienone is 15. The molecule has 0 radical (unpaired) electrons. The highest BCUT2D eigenvalue weighted by Crippen LogP contribution is 2.33. The Bertz CT molecular complexity index is 1840. The monoisotopic (exact) mass is 1140 g/mol. The molecule has 458 valence electrons. The van der Waals surface area contributed by atoms with Gasteiger partial charge in [-0.1, -0.05) is 162 Å². The van der Waals surface area contributed by atoms with E-state index in [1.165, 1.54) is 12.8 Å². The maximum Gasteiger partial charge on any atom is 0.220 e. The van der Waals surface area contributed by atoms with Crippen LogP contribution in [0.15, 0.2) is 97.2 Å². The maximum atomic E-state index is 13.3. The summed E-state index contributed by atoms with van der Waals surface area (Å²) in [5.74, 6) is -0.304. The van der Waals surface area contributed by atoms with E-state index in [2.05, 4.69) is 104 Å². The number of nitrogens with one attached hydrogen (secondary N) is 1. The van der Waals surface area contributed by atoms with Crippen LogP contribution >= 0.6 is 0 Å². The van der Waals surface area contributed by atoms with Gasteiger partial charge in [0.25, 0.3) is 0 Å². The summed E-state index contributed by atoms with van der Waals surface area (Å²) in [5, 5.41) is 120. The number of ether oxygens (including phenoxy) is 6. The molecule has 0 saturated carbocycles. The third-order valence-electron chi connectivity index (χ3n) is 14.1. The highest BCUT2D eigenvalue weighted by molar-refractivity contribution is 5.76. The molecule has 0 bridgehead atoms. The lowest BCUT2D eigenvalue weighted by Crippen LogP contribution is -2.66. The molecule has 0 aromatic rings. The quantitative estimate of drug-likeness (QED) is 0.0284. The van der Waals surface area contributed by atoms with Gasteiger partial charge in [-0.2, -0.15) is 0 Å². The molecule has 3 saturated heterocycles. The standard InChI is InChI=1S/C61H101NO18/c1-3-5-7-9-11-13-14-15-16-17-18-19-20-21-22-23-24-25-26-27-28-29-30-31-33-35-37-39-49(67)62-44(45(66)38-36-34-32-12-10-8-6-4-2)43-75-59-55(73)52(70)57(47(41-64)77-59)80-61-56(74)53(71)58(48(42-65)78-61)79-60-54(72)51(69)50(68)46(40-63)76-60/h5,7,11,13,15-16,18-19,21-22,24-25,27-28,36,38,44-48,50-61,63-66,68-74H,3-4,6,8-10,12,14,17,20,23,26,29-35,37,39-43H2,1-2H3,(H,62,67)/b7-5-,13-11-,16-15-,19-18-,22-21-,25-24-,28-27-,38-36+. The van der Waals surface area contributed by atoms with Crippen molar-refractivity contribution in [1.82, 2.24) is 5.32 Å². The van der Waals surface area contributed by atoms with Crippen LogP contribution in [0.4, 0.5) is 0 Å². The zero-order valence-corrected chi connectivity index (χ0v) is 47.5. The first-order valence-electron chi connectivity index (χ1n) is 29.5. The Labute approximate surface area is 475 Å². The smallest absolute Gasteiger partial charge is 0.220 e. The Hall–Kier alpha value is -3.29. The van der Waals surface area contributed by atoms with Crippen molar-refractivity contribution in [1.29, 1.82) is 0 Å². The minimum absolute atomic E-state index is 0.213. The number of hydrogen-bond acceptors (Lipinski definition) is 18. The third kappa shape index (κ3) is 27.0. The summed E-state index contributed by atoms with van der Waals surface area (Å²) in [5.41, 5.74) is 0. The van der Waals surface area contributed by atoms with E-state index >= 15 is 0 Å². The first-order chi connectivity index (χ1) is 38.8. The van der Waals surface area contributed by atoms with Crippen LogP contribution in [-0.2, 0) is 33.2 Å². The normalized spacial score (nSPS) is 30.7. The summed E-state index contributed by atoms with van der Waals surface area (Å²) in [6.07, 6.45) is 27.1. The van der Waals surface area contributed by atoms with E-state index in [0.29, 0.717) is 6.42 Å². The molecule has 0 aromatic heterocycles. The fourth-order valence-corrected chi connectivity index (χ4v) is 9.29. The first-order valence-corrected chi connectivity index (χ1v) is 29.5. The topological polar surface area (TPSA) is 307 Å². The van der Waals surface area contributed by atoms with E-state index in [1.807, 2.05) is 6.08 Å². The molecule has 17 unspecified atom stereocenters. The van der Waals surface area contributed by atoms with E-state index in [-0.39, 0.29) is 18.9 Å². The van der Waals surface area contributed by atoms with Gasteiger partial charge in [0.05, 0.1) is 38.6 Å². The summed E-state index contributed by atoms with van der Waals surface area (Å²) >= 11 is 0. The van der Waals surface area contributed by atoms with E-state index < -0.39 is 124 Å². The second kappa shape index (κ2) is 43.4. The average molecular weight is 1140 g/mol. The average Bonchev–Trinajstić information content (AvgIpc) is 3.55. The van der Waals surface area contributed by atoms with Crippen LogP contribution in [0, 0.1) is 0 Å². The molecule has 0 spiro atoms. The Kier molecular flexibility index (Phi) is 38.5. The number of hydrogen-bond donors (Lipinski definition) is 12. The minimum Gasteiger partial charge on any atom is -0.394 e. The summed E-state index contributed by atoms with van der Waals surface area (Å²) in [6, 6.07) is -0.988. The van der Waals surface area contributed by atoms with Gasteiger partial charge in [-0.15, -0.1) is 0 Å². The highest BCUT2D eigenvalue weighted by Gasteiger charge is 2.53. The molecule has 17 atom stereocenters. The van der Waals surface area contributed by atoms with Crippen molar-refractivity contribution in [3.63, 3.8) is 0 Å². The Morgan fingerprint density at radius 2 is 0.863 bits per heavy atom.